The number of benzene rings is 2. The Bertz CT molecular complexity index is 818. The minimum atomic E-state index is 0.642. The van der Waals surface area contributed by atoms with Crippen LogP contribution in [0.25, 0.3) is 11.0 Å². The molecule has 0 N–H and O–H groups in total. The van der Waals surface area contributed by atoms with Gasteiger partial charge in [0.1, 0.15) is 12.4 Å². The lowest BCUT2D eigenvalue weighted by molar-refractivity contribution is 0.298. The summed E-state index contributed by atoms with van der Waals surface area (Å²) < 4.78 is 8.10. The van der Waals surface area contributed by atoms with Gasteiger partial charge in [-0.05, 0) is 68.1 Å². The Balaban J connectivity index is 1.74. The Labute approximate surface area is 131 Å². The number of hydrogen-bond acceptors (Lipinski definition) is 2. The van der Waals surface area contributed by atoms with Gasteiger partial charge in [0.25, 0.3) is 0 Å². The van der Waals surface area contributed by atoms with Crippen LogP contribution in [0.5, 0.6) is 5.75 Å². The lowest BCUT2D eigenvalue weighted by Gasteiger charge is -2.11. The van der Waals surface area contributed by atoms with E-state index in [9.17, 15) is 0 Å². The van der Waals surface area contributed by atoms with E-state index in [1.807, 2.05) is 18.5 Å². The zero-order valence-electron chi connectivity index (χ0n) is 13.7. The van der Waals surface area contributed by atoms with Gasteiger partial charge in [0, 0.05) is 0 Å². The smallest absolute Gasteiger partial charge is 0.122 e. The molecule has 0 saturated heterocycles. The van der Waals surface area contributed by atoms with Crippen molar-refractivity contribution in [2.75, 3.05) is 6.61 Å². The van der Waals surface area contributed by atoms with Gasteiger partial charge >= 0.3 is 0 Å². The number of fused-ring (bicyclic) bond motifs is 1. The third-order valence-corrected chi connectivity index (χ3v) is 4.38. The minimum absolute atomic E-state index is 0.642. The first-order valence-corrected chi connectivity index (χ1v) is 7.67. The second-order valence-corrected chi connectivity index (χ2v) is 5.91. The summed E-state index contributed by atoms with van der Waals surface area (Å²) in [5.74, 6) is 0.969. The number of rotatable bonds is 4. The van der Waals surface area contributed by atoms with E-state index in [1.165, 1.54) is 27.8 Å². The molecule has 0 fully saturated rings. The van der Waals surface area contributed by atoms with Gasteiger partial charge in [0.2, 0.25) is 0 Å². The summed E-state index contributed by atoms with van der Waals surface area (Å²) in [5, 5.41) is 0. The summed E-state index contributed by atoms with van der Waals surface area (Å²) in [4.78, 5) is 4.49. The van der Waals surface area contributed by atoms with Crippen LogP contribution in [-0.4, -0.2) is 16.2 Å². The van der Waals surface area contributed by atoms with Gasteiger partial charge in [-0.1, -0.05) is 12.1 Å². The standard InChI is InChI=1S/C19H22N2O/c1-13-6-5-7-19(16(13)4)22-9-8-21-12-20-17-10-14(2)15(3)11-18(17)21/h5-7,10-12H,8-9H2,1-4H3. The lowest BCUT2D eigenvalue weighted by atomic mass is 10.1. The SMILES string of the molecule is Cc1cc2ncn(CCOc3cccc(C)c3C)c2cc1C. The maximum Gasteiger partial charge on any atom is 0.122 e. The number of imidazole rings is 1. The van der Waals surface area contributed by atoms with E-state index in [1.54, 1.807) is 0 Å². The Hall–Kier alpha value is -2.29. The lowest BCUT2D eigenvalue weighted by Crippen LogP contribution is -2.08. The van der Waals surface area contributed by atoms with E-state index in [-0.39, 0.29) is 0 Å². The molecule has 0 unspecified atom stereocenters. The second-order valence-electron chi connectivity index (χ2n) is 5.91. The largest absolute Gasteiger partial charge is 0.491 e. The molecule has 114 valence electrons. The second kappa shape index (κ2) is 5.84. The number of nitrogens with zero attached hydrogens (tertiary/aromatic N) is 2. The topological polar surface area (TPSA) is 27.1 Å². The molecule has 3 heteroatoms. The average molecular weight is 294 g/mol. The zero-order chi connectivity index (χ0) is 15.7. The van der Waals surface area contributed by atoms with Crippen LogP contribution in [0, 0.1) is 27.7 Å². The number of aryl methyl sites for hydroxylation is 3. The highest BCUT2D eigenvalue weighted by Crippen LogP contribution is 2.21. The van der Waals surface area contributed by atoms with Crippen molar-refractivity contribution in [1.29, 1.82) is 0 Å². The average Bonchev–Trinajstić information content (AvgIpc) is 2.86. The van der Waals surface area contributed by atoms with Crippen molar-refractivity contribution in [3.8, 4) is 5.75 Å². The van der Waals surface area contributed by atoms with E-state index in [4.69, 9.17) is 4.74 Å². The summed E-state index contributed by atoms with van der Waals surface area (Å²) >= 11 is 0. The molecule has 0 aliphatic rings. The molecule has 22 heavy (non-hydrogen) atoms. The molecule has 3 rings (SSSR count). The van der Waals surface area contributed by atoms with E-state index >= 15 is 0 Å². The molecule has 1 heterocycles. The van der Waals surface area contributed by atoms with Crippen molar-refractivity contribution in [2.45, 2.75) is 34.2 Å². The first kappa shape index (κ1) is 14.6. The van der Waals surface area contributed by atoms with Crippen LogP contribution in [0.3, 0.4) is 0 Å². The maximum atomic E-state index is 5.95. The number of hydrogen-bond donors (Lipinski definition) is 0. The van der Waals surface area contributed by atoms with Crippen LogP contribution in [0.1, 0.15) is 22.3 Å². The third-order valence-electron chi connectivity index (χ3n) is 4.38. The van der Waals surface area contributed by atoms with Crippen molar-refractivity contribution in [2.24, 2.45) is 0 Å². The Morgan fingerprint density at radius 2 is 1.77 bits per heavy atom. The molecule has 0 spiro atoms. The molecule has 0 amide bonds. The van der Waals surface area contributed by atoms with E-state index in [2.05, 4.69) is 55.4 Å². The summed E-state index contributed by atoms with van der Waals surface area (Å²) in [6.07, 6.45) is 1.90. The van der Waals surface area contributed by atoms with Gasteiger partial charge in [0.15, 0.2) is 0 Å². The number of aromatic nitrogens is 2. The molecular formula is C19H22N2O. The molecule has 3 nitrogen and oxygen atoms in total. The van der Waals surface area contributed by atoms with Crippen LogP contribution in [0.4, 0.5) is 0 Å². The predicted octanol–water partition coefficient (Wildman–Crippen LogP) is 4.35. The quantitative estimate of drug-likeness (QED) is 0.715. The fraction of sp³-hybridized carbons (Fsp3) is 0.316. The normalized spacial score (nSPS) is 11.1. The third kappa shape index (κ3) is 2.71. The Morgan fingerprint density at radius 1 is 1.00 bits per heavy atom. The number of ether oxygens (including phenoxy) is 1. The van der Waals surface area contributed by atoms with Crippen molar-refractivity contribution >= 4 is 11.0 Å². The van der Waals surface area contributed by atoms with Gasteiger partial charge in [0.05, 0.1) is 23.9 Å². The first-order chi connectivity index (χ1) is 10.6. The Morgan fingerprint density at radius 3 is 2.59 bits per heavy atom. The molecule has 0 aliphatic heterocycles. The molecular weight excluding hydrogens is 272 g/mol. The highest BCUT2D eigenvalue weighted by atomic mass is 16.5. The summed E-state index contributed by atoms with van der Waals surface area (Å²) in [6, 6.07) is 10.5. The summed E-state index contributed by atoms with van der Waals surface area (Å²) in [6.45, 7) is 9.91. The Kier molecular flexibility index (Phi) is 3.88. The molecule has 1 aromatic heterocycles. The van der Waals surface area contributed by atoms with Crippen LogP contribution < -0.4 is 4.74 Å². The van der Waals surface area contributed by atoms with Gasteiger partial charge in [-0.25, -0.2) is 4.98 Å². The van der Waals surface area contributed by atoms with Crippen molar-refractivity contribution in [3.05, 3.63) is 58.9 Å². The van der Waals surface area contributed by atoms with E-state index in [0.29, 0.717) is 6.61 Å². The van der Waals surface area contributed by atoms with Crippen LogP contribution in [0.2, 0.25) is 0 Å². The molecule has 2 aromatic carbocycles. The van der Waals surface area contributed by atoms with Crippen molar-refractivity contribution < 1.29 is 4.74 Å². The fourth-order valence-electron chi connectivity index (χ4n) is 2.63. The van der Waals surface area contributed by atoms with Crippen molar-refractivity contribution in [1.82, 2.24) is 9.55 Å². The van der Waals surface area contributed by atoms with E-state index in [0.717, 1.165) is 17.8 Å². The van der Waals surface area contributed by atoms with Gasteiger partial charge in [-0.15, -0.1) is 0 Å². The van der Waals surface area contributed by atoms with Gasteiger partial charge in [-0.2, -0.15) is 0 Å². The zero-order valence-corrected chi connectivity index (χ0v) is 13.7. The minimum Gasteiger partial charge on any atom is -0.491 e. The molecule has 3 aromatic rings. The highest BCUT2D eigenvalue weighted by molar-refractivity contribution is 5.77. The van der Waals surface area contributed by atoms with Crippen molar-refractivity contribution in [3.63, 3.8) is 0 Å². The van der Waals surface area contributed by atoms with Gasteiger partial charge < -0.3 is 9.30 Å². The predicted molar refractivity (Wildman–Crippen MR) is 90.6 cm³/mol. The molecule has 0 saturated carbocycles. The monoisotopic (exact) mass is 294 g/mol. The van der Waals surface area contributed by atoms with Crippen LogP contribution in [-0.2, 0) is 6.54 Å². The molecule has 0 atom stereocenters. The molecule has 0 radical (unpaired) electrons. The van der Waals surface area contributed by atoms with Crippen LogP contribution >= 0.6 is 0 Å². The summed E-state index contributed by atoms with van der Waals surface area (Å²) in [5.41, 5.74) is 7.28. The molecule has 0 aliphatic carbocycles. The molecule has 0 bridgehead atoms. The fourth-order valence-corrected chi connectivity index (χ4v) is 2.63. The van der Waals surface area contributed by atoms with Crippen LogP contribution in [0.15, 0.2) is 36.7 Å². The first-order valence-electron chi connectivity index (χ1n) is 7.67. The van der Waals surface area contributed by atoms with Gasteiger partial charge in [-0.3, -0.25) is 0 Å². The maximum absolute atomic E-state index is 5.95. The van der Waals surface area contributed by atoms with E-state index < -0.39 is 0 Å². The highest BCUT2D eigenvalue weighted by Gasteiger charge is 2.06. The summed E-state index contributed by atoms with van der Waals surface area (Å²) in [7, 11) is 0.